The Hall–Kier alpha value is -2.95. The van der Waals surface area contributed by atoms with E-state index < -0.39 is 0 Å². The Bertz CT molecular complexity index is 881. The van der Waals surface area contributed by atoms with Crippen LogP contribution in [0.4, 0.5) is 5.69 Å². The van der Waals surface area contributed by atoms with Crippen molar-refractivity contribution in [3.05, 3.63) is 54.9 Å². The lowest BCUT2D eigenvalue weighted by molar-refractivity contribution is -0.112. The molecule has 116 valence electrons. The zero-order valence-corrected chi connectivity index (χ0v) is 13.2. The van der Waals surface area contributed by atoms with Crippen LogP contribution in [-0.2, 0) is 11.3 Å². The smallest absolute Gasteiger partial charge is 0.250 e. The molecule has 0 bridgehead atoms. The summed E-state index contributed by atoms with van der Waals surface area (Å²) in [4.78, 5) is 20.5. The monoisotopic (exact) mass is 306 g/mol. The number of carbonyl (C=O) groups is 1. The van der Waals surface area contributed by atoms with Crippen molar-refractivity contribution in [2.45, 2.75) is 20.4 Å². The molecule has 0 saturated heterocycles. The van der Waals surface area contributed by atoms with Crippen LogP contribution >= 0.6 is 0 Å². The third kappa shape index (κ3) is 2.85. The van der Waals surface area contributed by atoms with Crippen LogP contribution in [0.25, 0.3) is 22.4 Å². The molecule has 0 aliphatic rings. The van der Waals surface area contributed by atoms with Crippen LogP contribution < -0.4 is 5.32 Å². The lowest BCUT2D eigenvalue weighted by Gasteiger charge is -2.06. The van der Waals surface area contributed by atoms with Gasteiger partial charge in [0.25, 0.3) is 5.91 Å². The third-order valence-corrected chi connectivity index (χ3v) is 3.65. The number of aryl methyl sites for hydroxylation is 1. The zero-order valence-electron chi connectivity index (χ0n) is 13.2. The van der Waals surface area contributed by atoms with Crippen molar-refractivity contribution in [2.75, 3.05) is 5.32 Å². The summed E-state index contributed by atoms with van der Waals surface area (Å²) in [6, 6.07) is 9.62. The number of imidazole rings is 1. The molecular weight excluding hydrogens is 288 g/mol. The van der Waals surface area contributed by atoms with Crippen LogP contribution in [0, 0.1) is 0 Å². The summed E-state index contributed by atoms with van der Waals surface area (Å²) in [5, 5.41) is 2.82. The highest BCUT2D eigenvalue weighted by Gasteiger charge is 2.12. The third-order valence-electron chi connectivity index (χ3n) is 3.65. The number of amides is 1. The number of nitrogens with one attached hydrogen (secondary N) is 1. The molecule has 0 atom stereocenters. The summed E-state index contributed by atoms with van der Waals surface area (Å²) in [7, 11) is 0. The van der Waals surface area contributed by atoms with Gasteiger partial charge in [0.15, 0.2) is 0 Å². The Morgan fingerprint density at radius 1 is 1.26 bits per heavy atom. The Balaban J connectivity index is 2.07. The second kappa shape index (κ2) is 6.04. The molecule has 1 amide bonds. The predicted octanol–water partition coefficient (Wildman–Crippen LogP) is 3.63. The van der Waals surface area contributed by atoms with E-state index in [9.17, 15) is 4.79 Å². The molecule has 1 N–H and O–H groups in total. The first-order chi connectivity index (χ1) is 11.1. The first-order valence-corrected chi connectivity index (χ1v) is 7.47. The largest absolute Gasteiger partial charge is 0.324 e. The predicted molar refractivity (Wildman–Crippen MR) is 92.1 cm³/mol. The number of nitrogens with zero attached hydrogens (tertiary/aromatic N) is 3. The Morgan fingerprint density at radius 3 is 2.65 bits per heavy atom. The lowest BCUT2D eigenvalue weighted by Crippen LogP contribution is -2.11. The van der Waals surface area contributed by atoms with Crippen molar-refractivity contribution in [3.63, 3.8) is 0 Å². The molecule has 5 heteroatoms. The zero-order chi connectivity index (χ0) is 16.4. The minimum absolute atomic E-state index is 0.186. The summed E-state index contributed by atoms with van der Waals surface area (Å²) in [6.45, 7) is 8.23. The van der Waals surface area contributed by atoms with E-state index >= 15 is 0 Å². The molecule has 23 heavy (non-hydrogen) atoms. The van der Waals surface area contributed by atoms with Crippen LogP contribution in [0.2, 0.25) is 0 Å². The average molecular weight is 306 g/mol. The molecule has 0 aliphatic carbocycles. The molecule has 0 fully saturated rings. The SMILES string of the molecule is C=C(C)C(=O)Nc1ccc2c(c1)nc(-c1ccncc1)n2CC. The molecule has 2 aromatic heterocycles. The van der Waals surface area contributed by atoms with Crippen molar-refractivity contribution in [1.29, 1.82) is 0 Å². The minimum Gasteiger partial charge on any atom is -0.324 e. The molecule has 0 radical (unpaired) electrons. The maximum absolute atomic E-state index is 11.8. The number of hydrogen-bond acceptors (Lipinski definition) is 3. The highest BCUT2D eigenvalue weighted by Crippen LogP contribution is 2.26. The molecule has 3 rings (SSSR count). The van der Waals surface area contributed by atoms with Crippen LogP contribution in [0.15, 0.2) is 54.9 Å². The van der Waals surface area contributed by atoms with Crippen LogP contribution in [0.5, 0.6) is 0 Å². The Morgan fingerprint density at radius 2 is 2.00 bits per heavy atom. The van der Waals surface area contributed by atoms with E-state index in [2.05, 4.69) is 28.4 Å². The van der Waals surface area contributed by atoms with Crippen molar-refractivity contribution < 1.29 is 4.79 Å². The number of benzene rings is 1. The molecule has 0 unspecified atom stereocenters. The van der Waals surface area contributed by atoms with E-state index in [4.69, 9.17) is 4.98 Å². The Kier molecular flexibility index (Phi) is 3.93. The van der Waals surface area contributed by atoms with Gasteiger partial charge in [0.2, 0.25) is 0 Å². The topological polar surface area (TPSA) is 59.8 Å². The molecule has 0 aliphatic heterocycles. The van der Waals surface area contributed by atoms with Gasteiger partial charge in [-0.3, -0.25) is 9.78 Å². The van der Waals surface area contributed by atoms with Gasteiger partial charge in [-0.15, -0.1) is 0 Å². The maximum atomic E-state index is 11.8. The maximum Gasteiger partial charge on any atom is 0.250 e. The second-order valence-electron chi connectivity index (χ2n) is 5.35. The summed E-state index contributed by atoms with van der Waals surface area (Å²) in [5.74, 6) is 0.710. The average Bonchev–Trinajstić information content (AvgIpc) is 2.93. The van der Waals surface area contributed by atoms with Crippen LogP contribution in [-0.4, -0.2) is 20.4 Å². The number of hydrogen-bond donors (Lipinski definition) is 1. The van der Waals surface area contributed by atoms with E-state index in [-0.39, 0.29) is 5.91 Å². The standard InChI is InChI=1S/C18H18N4O/c1-4-22-16-6-5-14(20-18(23)12(2)3)11-15(16)21-17(22)13-7-9-19-10-8-13/h5-11H,2,4H2,1,3H3,(H,20,23). The van der Waals surface area contributed by atoms with Gasteiger partial charge >= 0.3 is 0 Å². The number of fused-ring (bicyclic) bond motifs is 1. The van der Waals surface area contributed by atoms with Crippen LogP contribution in [0.3, 0.4) is 0 Å². The van der Waals surface area contributed by atoms with Crippen LogP contribution in [0.1, 0.15) is 13.8 Å². The number of anilines is 1. The van der Waals surface area contributed by atoms with Gasteiger partial charge in [-0.05, 0) is 44.2 Å². The van der Waals surface area contributed by atoms with Gasteiger partial charge < -0.3 is 9.88 Å². The number of pyridine rings is 1. The van der Waals surface area contributed by atoms with Gasteiger partial charge in [0.05, 0.1) is 11.0 Å². The molecule has 3 aromatic rings. The summed E-state index contributed by atoms with van der Waals surface area (Å²) in [5.41, 5.74) is 4.09. The Labute approximate surface area is 134 Å². The van der Waals surface area contributed by atoms with Crippen molar-refractivity contribution >= 4 is 22.6 Å². The fourth-order valence-corrected chi connectivity index (χ4v) is 2.49. The quantitative estimate of drug-likeness (QED) is 0.749. The highest BCUT2D eigenvalue weighted by atomic mass is 16.1. The molecule has 2 heterocycles. The highest BCUT2D eigenvalue weighted by molar-refractivity contribution is 6.03. The van der Waals surface area contributed by atoms with E-state index in [0.29, 0.717) is 11.3 Å². The van der Waals surface area contributed by atoms with Gasteiger partial charge in [-0.2, -0.15) is 0 Å². The molecule has 5 nitrogen and oxygen atoms in total. The molecule has 1 aromatic carbocycles. The molecule has 0 saturated carbocycles. The fraction of sp³-hybridized carbons (Fsp3) is 0.167. The van der Waals surface area contributed by atoms with Gasteiger partial charge in [-0.25, -0.2) is 4.98 Å². The fourth-order valence-electron chi connectivity index (χ4n) is 2.49. The minimum atomic E-state index is -0.186. The van der Waals surface area contributed by atoms with E-state index in [1.54, 1.807) is 19.3 Å². The van der Waals surface area contributed by atoms with Crippen molar-refractivity contribution in [2.24, 2.45) is 0 Å². The summed E-state index contributed by atoms with van der Waals surface area (Å²) in [6.07, 6.45) is 3.51. The number of aromatic nitrogens is 3. The molecule has 0 spiro atoms. The molecular formula is C18H18N4O. The lowest BCUT2D eigenvalue weighted by atomic mass is 10.2. The second-order valence-corrected chi connectivity index (χ2v) is 5.35. The van der Waals surface area contributed by atoms with Crippen molar-refractivity contribution in [1.82, 2.24) is 14.5 Å². The first-order valence-electron chi connectivity index (χ1n) is 7.47. The van der Waals surface area contributed by atoms with E-state index in [0.717, 1.165) is 29.0 Å². The summed E-state index contributed by atoms with van der Waals surface area (Å²) < 4.78 is 2.15. The van der Waals surface area contributed by atoms with Gasteiger partial charge in [0.1, 0.15) is 5.82 Å². The van der Waals surface area contributed by atoms with Gasteiger partial charge in [0, 0.05) is 35.8 Å². The van der Waals surface area contributed by atoms with Crippen molar-refractivity contribution in [3.8, 4) is 11.4 Å². The normalized spacial score (nSPS) is 10.7. The van der Waals surface area contributed by atoms with E-state index in [1.807, 2.05) is 30.3 Å². The first kappa shape index (κ1) is 15.0. The summed E-state index contributed by atoms with van der Waals surface area (Å²) >= 11 is 0. The van der Waals surface area contributed by atoms with Gasteiger partial charge in [-0.1, -0.05) is 6.58 Å². The number of rotatable bonds is 4. The number of carbonyl (C=O) groups excluding carboxylic acids is 1. The van der Waals surface area contributed by atoms with E-state index in [1.165, 1.54) is 0 Å².